The largest absolute Gasteiger partial charge is 0.381 e. The topological polar surface area (TPSA) is 89.9 Å². The lowest BCUT2D eigenvalue weighted by atomic mass is 9.86. The number of rotatable bonds is 26. The molecule has 0 spiro atoms. The van der Waals surface area contributed by atoms with Crippen molar-refractivity contribution in [2.75, 3.05) is 18.8 Å². The number of hydrogen-bond donors (Lipinski definition) is 3. The van der Waals surface area contributed by atoms with Crippen LogP contribution in [0.2, 0.25) is 0 Å². The molecule has 0 amide bonds. The van der Waals surface area contributed by atoms with Gasteiger partial charge in [-0.05, 0) is 24.1 Å². The average molecular weight is 650 g/mol. The Morgan fingerprint density at radius 1 is 0.864 bits per heavy atom. The quantitative estimate of drug-likeness (QED) is 0.0235. The van der Waals surface area contributed by atoms with Crippen molar-refractivity contribution in [2.45, 2.75) is 126 Å². The zero-order valence-corrected chi connectivity index (χ0v) is 28.1. The van der Waals surface area contributed by atoms with Crippen molar-refractivity contribution in [1.82, 2.24) is 4.90 Å². The van der Waals surface area contributed by atoms with Gasteiger partial charge in [0.15, 0.2) is 5.78 Å². The van der Waals surface area contributed by atoms with Gasteiger partial charge in [0.1, 0.15) is 11.2 Å². The molecule has 0 aromatic heterocycles. The third-order valence-corrected chi connectivity index (χ3v) is 9.18. The highest BCUT2D eigenvalue weighted by Crippen LogP contribution is 2.40. The number of aliphatic hydroxyl groups is 1. The van der Waals surface area contributed by atoms with Crippen LogP contribution in [0.4, 0.5) is 5.69 Å². The highest BCUT2D eigenvalue weighted by molar-refractivity contribution is 6.34. The molecule has 0 saturated carbocycles. The molecule has 246 valence electrons. The van der Waals surface area contributed by atoms with Crippen LogP contribution in [-0.4, -0.2) is 50.8 Å². The van der Waals surface area contributed by atoms with E-state index < -0.39 is 16.7 Å². The Morgan fingerprint density at radius 2 is 1.39 bits per heavy atom. The number of nitrogens with zero attached hydrogens (tertiary/aromatic N) is 1. The normalized spacial score (nSPS) is 14.2. The first-order chi connectivity index (χ1) is 21.4. The van der Waals surface area contributed by atoms with Gasteiger partial charge in [-0.3, -0.25) is 20.4 Å². The van der Waals surface area contributed by atoms with Gasteiger partial charge in [-0.25, -0.2) is 0 Å². The molecule has 6 nitrogen and oxygen atoms in total. The number of unbranched alkanes of at least 4 members (excludes halogenated alkanes) is 13. The summed E-state index contributed by atoms with van der Waals surface area (Å²) in [7, 11) is 0. The minimum absolute atomic E-state index is 0.220. The number of hydrogen-bond acceptors (Lipinski definition) is 6. The number of nitrogens with one attached hydrogen (secondary N) is 1. The summed E-state index contributed by atoms with van der Waals surface area (Å²) >= 11 is 13.8. The summed E-state index contributed by atoms with van der Waals surface area (Å²) < 4.78 is 0. The van der Waals surface area contributed by atoms with E-state index in [-0.39, 0.29) is 29.8 Å². The number of Topliss-reactive ketones (excluding diaryl/α,β-unsaturated/α-hetero) is 1. The lowest BCUT2D eigenvalue weighted by Gasteiger charge is -2.39. The van der Waals surface area contributed by atoms with Gasteiger partial charge in [-0.2, -0.15) is 0 Å². The predicted molar refractivity (Wildman–Crippen MR) is 183 cm³/mol. The molecular formula is C36H54Cl2N2O4. The molecule has 0 saturated heterocycles. The summed E-state index contributed by atoms with van der Waals surface area (Å²) in [6.45, 7) is 2.18. The monoisotopic (exact) mass is 648 g/mol. The van der Waals surface area contributed by atoms with Gasteiger partial charge in [0.2, 0.25) is 0 Å². The number of para-hydroxylation sites is 1. The van der Waals surface area contributed by atoms with Crippen LogP contribution in [0.15, 0.2) is 54.6 Å². The summed E-state index contributed by atoms with van der Waals surface area (Å²) in [6, 6.07) is 14.9. The Kier molecular flexibility index (Phi) is 19.6. The fourth-order valence-electron chi connectivity index (χ4n) is 5.95. The first-order valence-electron chi connectivity index (χ1n) is 16.6. The Morgan fingerprint density at radius 3 is 1.91 bits per heavy atom. The summed E-state index contributed by atoms with van der Waals surface area (Å²) in [6.07, 6.45) is 19.1. The van der Waals surface area contributed by atoms with Gasteiger partial charge < -0.3 is 9.90 Å². The van der Waals surface area contributed by atoms with Crippen molar-refractivity contribution in [2.24, 2.45) is 0 Å². The zero-order chi connectivity index (χ0) is 32.0. The Bertz CT molecular complexity index is 1060. The number of carbonyl (C=O) groups is 2. The second-order valence-corrected chi connectivity index (χ2v) is 13.3. The molecule has 2 rings (SSSR count). The first-order valence-corrected chi connectivity index (χ1v) is 17.4. The molecule has 3 N–H and O–H groups in total. The van der Waals surface area contributed by atoms with E-state index >= 15 is 0 Å². The highest BCUT2D eigenvalue weighted by Gasteiger charge is 2.44. The third kappa shape index (κ3) is 13.6. The Labute approximate surface area is 275 Å². The molecule has 0 heterocycles. The summed E-state index contributed by atoms with van der Waals surface area (Å²) in [5, 5.41) is 19.7. The van der Waals surface area contributed by atoms with E-state index in [1.54, 1.807) is 29.2 Å². The summed E-state index contributed by atoms with van der Waals surface area (Å²) in [4.78, 5) is 25.9. The number of halogens is 2. The maximum Gasteiger partial charge on any atom is 0.167 e. The van der Waals surface area contributed by atoms with E-state index in [0.29, 0.717) is 18.4 Å². The molecule has 44 heavy (non-hydrogen) atoms. The molecular weight excluding hydrogens is 595 g/mol. The van der Waals surface area contributed by atoms with Crippen molar-refractivity contribution < 1.29 is 19.9 Å². The molecule has 0 fully saturated rings. The number of alkyl halides is 2. The van der Waals surface area contributed by atoms with E-state index in [1.165, 1.54) is 77.0 Å². The lowest BCUT2D eigenvalue weighted by Crippen LogP contribution is -2.47. The van der Waals surface area contributed by atoms with Gasteiger partial charge in [0, 0.05) is 23.9 Å². The molecule has 3 atom stereocenters. The standard InChI is InChI=1S/C36H54Cl2N2O4/c1-2-3-4-5-6-7-8-9-10-11-12-13-14-18-23-31(37)27-40(29-42)35(30-21-16-15-17-22-30)36(38,28-41)26-34(43)32-24-19-20-25-33(32)39-44/h15-17,19-22,24-25,28,31,35,39,42,44H,2-14,18,23,26-27,29H2,1H3. The van der Waals surface area contributed by atoms with Crippen LogP contribution in [0.1, 0.15) is 132 Å². The number of aliphatic hydroxyl groups excluding tert-OH is 1. The number of benzene rings is 2. The van der Waals surface area contributed by atoms with Crippen LogP contribution in [-0.2, 0) is 4.79 Å². The average Bonchev–Trinajstić information content (AvgIpc) is 3.04. The number of ketones is 1. The maximum atomic E-state index is 13.3. The summed E-state index contributed by atoms with van der Waals surface area (Å²) in [5.41, 5.74) is 3.18. The van der Waals surface area contributed by atoms with Crippen molar-refractivity contribution in [3.8, 4) is 0 Å². The van der Waals surface area contributed by atoms with Crippen molar-refractivity contribution >= 4 is 41.0 Å². The molecule has 2 aromatic carbocycles. The minimum atomic E-state index is -1.69. The number of carbonyl (C=O) groups excluding carboxylic acids is 2. The van der Waals surface area contributed by atoms with E-state index in [4.69, 9.17) is 23.2 Å². The molecule has 2 aromatic rings. The van der Waals surface area contributed by atoms with Gasteiger partial charge >= 0.3 is 0 Å². The van der Waals surface area contributed by atoms with Crippen molar-refractivity contribution in [3.63, 3.8) is 0 Å². The van der Waals surface area contributed by atoms with Crippen LogP contribution in [0.5, 0.6) is 0 Å². The van der Waals surface area contributed by atoms with E-state index in [9.17, 15) is 19.9 Å². The van der Waals surface area contributed by atoms with Gasteiger partial charge in [0.25, 0.3) is 0 Å². The van der Waals surface area contributed by atoms with Crippen LogP contribution in [0, 0.1) is 0 Å². The summed E-state index contributed by atoms with van der Waals surface area (Å²) in [5.74, 6) is -0.409. The highest BCUT2D eigenvalue weighted by atomic mass is 35.5. The fourth-order valence-corrected chi connectivity index (χ4v) is 6.66. The van der Waals surface area contributed by atoms with Crippen molar-refractivity contribution in [3.05, 3.63) is 65.7 Å². The van der Waals surface area contributed by atoms with Crippen LogP contribution in [0.25, 0.3) is 0 Å². The smallest absolute Gasteiger partial charge is 0.167 e. The minimum Gasteiger partial charge on any atom is -0.381 e. The van der Waals surface area contributed by atoms with Crippen LogP contribution < -0.4 is 5.48 Å². The predicted octanol–water partition coefficient (Wildman–Crippen LogP) is 9.71. The first kappa shape index (κ1) is 38.2. The van der Waals surface area contributed by atoms with E-state index in [0.717, 1.165) is 19.3 Å². The molecule has 0 aliphatic heterocycles. The number of anilines is 1. The second kappa shape index (κ2) is 22.5. The molecule has 0 aliphatic carbocycles. The lowest BCUT2D eigenvalue weighted by molar-refractivity contribution is -0.112. The van der Waals surface area contributed by atoms with Crippen molar-refractivity contribution in [1.29, 1.82) is 0 Å². The molecule has 0 aliphatic rings. The molecule has 0 bridgehead atoms. The second-order valence-electron chi connectivity index (χ2n) is 12.0. The zero-order valence-electron chi connectivity index (χ0n) is 26.6. The number of aldehydes is 1. The molecule has 3 unspecified atom stereocenters. The van der Waals surface area contributed by atoms with E-state index in [2.05, 4.69) is 6.92 Å². The molecule has 8 heteroatoms. The fraction of sp³-hybridized carbons (Fsp3) is 0.611. The van der Waals surface area contributed by atoms with Crippen LogP contribution >= 0.6 is 23.2 Å². The van der Waals surface area contributed by atoms with Gasteiger partial charge in [-0.1, -0.05) is 139 Å². The van der Waals surface area contributed by atoms with Gasteiger partial charge in [-0.15, -0.1) is 23.2 Å². The SMILES string of the molecule is CCCCCCCCCCCCCCCCC(Cl)CN(CO)C(c1ccccc1)C(Cl)(C=O)CC(=O)c1ccccc1NO. The molecule has 0 radical (unpaired) electrons. The Balaban J connectivity index is 1.88. The van der Waals surface area contributed by atoms with E-state index in [1.807, 2.05) is 35.8 Å². The third-order valence-electron chi connectivity index (χ3n) is 8.40. The maximum absolute atomic E-state index is 13.3. The van der Waals surface area contributed by atoms with Crippen LogP contribution in [0.3, 0.4) is 0 Å². The Hall–Kier alpha value is -1.96. The van der Waals surface area contributed by atoms with Gasteiger partial charge in [0.05, 0.1) is 18.5 Å².